The number of rotatable bonds is 10. The van der Waals surface area contributed by atoms with E-state index in [0.717, 1.165) is 31.1 Å². The molecular formula is C19H31IN4O5S. The van der Waals surface area contributed by atoms with Crippen LogP contribution in [-0.2, 0) is 14.8 Å². The van der Waals surface area contributed by atoms with Crippen molar-refractivity contribution in [3.05, 3.63) is 18.2 Å². The lowest BCUT2D eigenvalue weighted by molar-refractivity contribution is 0.123. The van der Waals surface area contributed by atoms with Crippen LogP contribution in [0.15, 0.2) is 23.2 Å². The maximum atomic E-state index is 11.2. The largest absolute Gasteiger partial charge is 0.490 e. The quantitative estimate of drug-likeness (QED) is 0.175. The van der Waals surface area contributed by atoms with E-state index in [2.05, 4.69) is 15.6 Å². The van der Waals surface area contributed by atoms with Crippen molar-refractivity contribution in [1.29, 1.82) is 0 Å². The van der Waals surface area contributed by atoms with Crippen LogP contribution >= 0.6 is 24.0 Å². The van der Waals surface area contributed by atoms with Crippen LogP contribution in [0.2, 0.25) is 0 Å². The Morgan fingerprint density at radius 1 is 1.23 bits per heavy atom. The van der Waals surface area contributed by atoms with Crippen LogP contribution in [-0.4, -0.2) is 59.6 Å². The summed E-state index contributed by atoms with van der Waals surface area (Å²) in [5, 5.41) is 11.3. The second-order valence-electron chi connectivity index (χ2n) is 7.23. The van der Waals surface area contributed by atoms with Crippen molar-refractivity contribution in [3.8, 4) is 11.5 Å². The normalized spacial score (nSPS) is 16.4. The van der Waals surface area contributed by atoms with E-state index >= 15 is 0 Å². The lowest BCUT2D eigenvalue weighted by Gasteiger charge is -2.14. The van der Waals surface area contributed by atoms with Crippen molar-refractivity contribution in [2.24, 2.45) is 16.0 Å². The van der Waals surface area contributed by atoms with Crippen LogP contribution in [0.4, 0.5) is 5.69 Å². The van der Waals surface area contributed by atoms with Crippen LogP contribution < -0.4 is 25.2 Å². The molecule has 0 spiro atoms. The number of ether oxygens (including phenoxy) is 3. The fraction of sp³-hybridized carbons (Fsp3) is 0.632. The van der Waals surface area contributed by atoms with Crippen molar-refractivity contribution in [3.63, 3.8) is 0 Å². The van der Waals surface area contributed by atoms with E-state index in [1.54, 1.807) is 0 Å². The van der Waals surface area contributed by atoms with Gasteiger partial charge in [0.1, 0.15) is 0 Å². The topological polar surface area (TPSA) is 124 Å². The van der Waals surface area contributed by atoms with E-state index in [9.17, 15) is 8.42 Å². The minimum atomic E-state index is -3.55. The highest BCUT2D eigenvalue weighted by Crippen LogP contribution is 2.32. The van der Waals surface area contributed by atoms with Gasteiger partial charge in [0.2, 0.25) is 10.0 Å². The first-order valence-electron chi connectivity index (χ1n) is 10.0. The van der Waals surface area contributed by atoms with Crippen LogP contribution in [0.3, 0.4) is 0 Å². The molecule has 0 radical (unpaired) electrons. The zero-order chi connectivity index (χ0) is 20.5. The fourth-order valence-electron chi connectivity index (χ4n) is 2.72. The fourth-order valence-corrected chi connectivity index (χ4v) is 3.11. The number of nitrogens with zero attached hydrogens (tertiary/aromatic N) is 1. The molecule has 3 rings (SSSR count). The highest BCUT2D eigenvalue weighted by atomic mass is 127. The number of anilines is 1. The van der Waals surface area contributed by atoms with Gasteiger partial charge in [0.15, 0.2) is 17.5 Å². The van der Waals surface area contributed by atoms with Crippen molar-refractivity contribution < 1.29 is 22.6 Å². The van der Waals surface area contributed by atoms with Crippen LogP contribution in [0, 0.1) is 5.92 Å². The summed E-state index contributed by atoms with van der Waals surface area (Å²) >= 11 is 0. The SMILES string of the molecule is I.NS(=O)(=O)CCNC(=NCCCOCC1CC1)Nc1ccc2c(c1)OCCCO2. The number of hydrogen-bond acceptors (Lipinski definition) is 6. The van der Waals surface area contributed by atoms with E-state index < -0.39 is 10.0 Å². The van der Waals surface area contributed by atoms with Gasteiger partial charge in [-0.2, -0.15) is 0 Å². The molecule has 0 unspecified atom stereocenters. The summed E-state index contributed by atoms with van der Waals surface area (Å²) < 4.78 is 39.3. The van der Waals surface area contributed by atoms with E-state index in [1.807, 2.05) is 18.2 Å². The van der Waals surface area contributed by atoms with E-state index in [4.69, 9.17) is 19.3 Å². The van der Waals surface area contributed by atoms with Crippen LogP contribution in [0.5, 0.6) is 11.5 Å². The molecule has 0 amide bonds. The van der Waals surface area contributed by atoms with Gasteiger partial charge in [-0.05, 0) is 37.3 Å². The molecule has 1 aromatic rings. The molecule has 11 heteroatoms. The number of benzene rings is 1. The van der Waals surface area contributed by atoms with Gasteiger partial charge in [-0.15, -0.1) is 24.0 Å². The third-order valence-corrected chi connectivity index (χ3v) is 5.23. The zero-order valence-electron chi connectivity index (χ0n) is 17.0. The van der Waals surface area contributed by atoms with Gasteiger partial charge in [-0.1, -0.05) is 0 Å². The molecule has 1 aliphatic carbocycles. The molecule has 9 nitrogen and oxygen atoms in total. The third kappa shape index (κ3) is 9.67. The molecule has 1 fully saturated rings. The lowest BCUT2D eigenvalue weighted by Crippen LogP contribution is -2.36. The summed E-state index contributed by atoms with van der Waals surface area (Å²) in [7, 11) is -3.55. The summed E-state index contributed by atoms with van der Waals surface area (Å²) in [6.07, 6.45) is 4.17. The molecule has 170 valence electrons. The zero-order valence-corrected chi connectivity index (χ0v) is 20.1. The number of nitrogens with two attached hydrogens (primary N) is 1. The minimum absolute atomic E-state index is 0. The number of nitrogens with one attached hydrogen (secondary N) is 2. The maximum absolute atomic E-state index is 11.2. The molecule has 1 aliphatic heterocycles. The first kappa shape index (κ1) is 25.0. The van der Waals surface area contributed by atoms with Gasteiger partial charge in [-0.3, -0.25) is 4.99 Å². The van der Waals surface area contributed by atoms with Crippen LogP contribution in [0.25, 0.3) is 0 Å². The Balaban J connectivity index is 0.00000320. The Labute approximate surface area is 195 Å². The van der Waals surface area contributed by atoms with E-state index in [-0.39, 0.29) is 36.3 Å². The van der Waals surface area contributed by atoms with Gasteiger partial charge in [0.05, 0.1) is 19.0 Å². The minimum Gasteiger partial charge on any atom is -0.490 e. The number of aliphatic imine (C=N–C) groups is 1. The number of guanidine groups is 1. The smallest absolute Gasteiger partial charge is 0.210 e. The average Bonchev–Trinajstić information content (AvgIpc) is 3.50. The summed E-state index contributed by atoms with van der Waals surface area (Å²) in [6.45, 7) is 3.44. The lowest BCUT2D eigenvalue weighted by atomic mass is 10.3. The third-order valence-electron chi connectivity index (χ3n) is 4.46. The molecular weight excluding hydrogens is 523 g/mol. The molecule has 30 heavy (non-hydrogen) atoms. The summed E-state index contributed by atoms with van der Waals surface area (Å²) in [5.41, 5.74) is 0.765. The first-order valence-corrected chi connectivity index (χ1v) is 11.7. The predicted octanol–water partition coefficient (Wildman–Crippen LogP) is 1.93. The molecule has 0 aromatic heterocycles. The molecule has 0 saturated heterocycles. The van der Waals surface area contributed by atoms with E-state index in [0.29, 0.717) is 43.8 Å². The molecule has 0 bridgehead atoms. The predicted molar refractivity (Wildman–Crippen MR) is 128 cm³/mol. The number of primary sulfonamides is 1. The summed E-state index contributed by atoms with van der Waals surface area (Å²) in [6, 6.07) is 5.55. The number of halogens is 1. The van der Waals surface area contributed by atoms with E-state index in [1.165, 1.54) is 12.8 Å². The Bertz CT molecular complexity index is 802. The average molecular weight is 554 g/mol. The highest BCUT2D eigenvalue weighted by Gasteiger charge is 2.20. The van der Waals surface area contributed by atoms with Gasteiger partial charge in [0, 0.05) is 44.5 Å². The molecule has 1 heterocycles. The Hall–Kier alpha value is -1.31. The maximum Gasteiger partial charge on any atom is 0.210 e. The number of hydrogen-bond donors (Lipinski definition) is 3. The molecule has 1 saturated carbocycles. The van der Waals surface area contributed by atoms with Crippen molar-refractivity contribution in [1.82, 2.24) is 5.32 Å². The molecule has 4 N–H and O–H groups in total. The monoisotopic (exact) mass is 554 g/mol. The molecule has 2 aliphatic rings. The second-order valence-corrected chi connectivity index (χ2v) is 8.97. The van der Waals surface area contributed by atoms with Gasteiger partial charge in [0.25, 0.3) is 0 Å². The second kappa shape index (κ2) is 12.5. The molecule has 0 atom stereocenters. The molecule has 1 aromatic carbocycles. The summed E-state index contributed by atoms with van der Waals surface area (Å²) in [5.74, 6) is 2.42. The first-order chi connectivity index (χ1) is 14.0. The van der Waals surface area contributed by atoms with Crippen molar-refractivity contribution in [2.75, 3.05) is 50.6 Å². The van der Waals surface area contributed by atoms with Crippen molar-refractivity contribution in [2.45, 2.75) is 25.7 Å². The Morgan fingerprint density at radius 2 is 2.00 bits per heavy atom. The number of sulfonamides is 1. The van der Waals surface area contributed by atoms with Crippen LogP contribution in [0.1, 0.15) is 25.7 Å². The Kier molecular flexibility index (Phi) is 10.4. The van der Waals surface area contributed by atoms with Crippen molar-refractivity contribution >= 4 is 45.6 Å². The number of fused-ring (bicyclic) bond motifs is 1. The van der Waals surface area contributed by atoms with Gasteiger partial charge < -0.3 is 24.8 Å². The van der Waals surface area contributed by atoms with Gasteiger partial charge >= 0.3 is 0 Å². The standard InChI is InChI=1S/C19H30N4O5S.HI/c20-29(24,25)12-8-22-19(21-7-1-9-26-14-15-3-4-15)23-16-5-6-17-18(13-16)28-11-2-10-27-17;/h5-6,13,15H,1-4,7-12,14H2,(H2,20,24,25)(H2,21,22,23);1H. The summed E-state index contributed by atoms with van der Waals surface area (Å²) in [4.78, 5) is 4.51. The van der Waals surface area contributed by atoms with Gasteiger partial charge in [-0.25, -0.2) is 13.6 Å². The Morgan fingerprint density at radius 3 is 2.73 bits per heavy atom. The highest BCUT2D eigenvalue weighted by molar-refractivity contribution is 14.0.